The number of nitrogens with zero attached hydrogens (tertiary/aromatic N) is 2. The minimum Gasteiger partial charge on any atom is -0.341 e. The molecule has 4 heteroatoms. The second kappa shape index (κ2) is 6.53. The predicted octanol–water partition coefficient (Wildman–Crippen LogP) is 1.03. The topological polar surface area (TPSA) is 35.6 Å². The van der Waals surface area contributed by atoms with Crippen LogP contribution in [-0.2, 0) is 4.79 Å². The Hall–Kier alpha value is -0.610. The van der Waals surface area contributed by atoms with E-state index in [1.165, 1.54) is 0 Å². The average molecular weight is 255 g/mol. The van der Waals surface area contributed by atoms with Crippen LogP contribution in [0.15, 0.2) is 0 Å². The lowest BCUT2D eigenvalue weighted by atomic mass is 9.87. The van der Waals surface area contributed by atoms with Crippen LogP contribution in [0, 0.1) is 11.3 Å². The summed E-state index contributed by atoms with van der Waals surface area (Å²) in [5.41, 5.74) is -0.193. The SMILES string of the molecule is CC(C)CN(CCN(C)C)C(=O)C1(C)CCNC1. The highest BCUT2D eigenvalue weighted by molar-refractivity contribution is 5.83. The Morgan fingerprint density at radius 1 is 1.33 bits per heavy atom. The van der Waals surface area contributed by atoms with Gasteiger partial charge in [0.1, 0.15) is 0 Å². The Balaban J connectivity index is 2.65. The first-order valence-electron chi connectivity index (χ1n) is 7.00. The van der Waals surface area contributed by atoms with Crippen molar-refractivity contribution in [1.82, 2.24) is 15.1 Å². The van der Waals surface area contributed by atoms with Crippen LogP contribution in [0.2, 0.25) is 0 Å². The molecule has 1 amide bonds. The number of hydrogen-bond donors (Lipinski definition) is 1. The Labute approximate surface area is 112 Å². The summed E-state index contributed by atoms with van der Waals surface area (Å²) in [6.45, 7) is 10.9. The maximum atomic E-state index is 12.7. The average Bonchev–Trinajstić information content (AvgIpc) is 2.71. The van der Waals surface area contributed by atoms with Crippen LogP contribution in [0.5, 0.6) is 0 Å². The van der Waals surface area contributed by atoms with E-state index in [0.29, 0.717) is 11.8 Å². The van der Waals surface area contributed by atoms with Crippen molar-refractivity contribution in [3.63, 3.8) is 0 Å². The first kappa shape index (κ1) is 15.4. The molecule has 1 aliphatic heterocycles. The van der Waals surface area contributed by atoms with Gasteiger partial charge in [0, 0.05) is 26.2 Å². The number of carbonyl (C=O) groups is 1. The highest BCUT2D eigenvalue weighted by atomic mass is 16.2. The van der Waals surface area contributed by atoms with Crippen molar-refractivity contribution in [2.24, 2.45) is 11.3 Å². The highest BCUT2D eigenvalue weighted by Crippen LogP contribution is 2.27. The van der Waals surface area contributed by atoms with Crippen LogP contribution in [0.3, 0.4) is 0 Å². The quantitative estimate of drug-likeness (QED) is 0.770. The van der Waals surface area contributed by atoms with E-state index < -0.39 is 0 Å². The number of hydrogen-bond acceptors (Lipinski definition) is 3. The van der Waals surface area contributed by atoms with Gasteiger partial charge >= 0.3 is 0 Å². The van der Waals surface area contributed by atoms with E-state index in [0.717, 1.165) is 39.1 Å². The molecular weight excluding hydrogens is 226 g/mol. The standard InChI is InChI=1S/C14H29N3O/c1-12(2)10-17(9-8-16(4)5)13(18)14(3)6-7-15-11-14/h12,15H,6-11H2,1-5H3. The maximum absolute atomic E-state index is 12.7. The smallest absolute Gasteiger partial charge is 0.229 e. The zero-order valence-electron chi connectivity index (χ0n) is 12.6. The fraction of sp³-hybridized carbons (Fsp3) is 0.929. The molecule has 0 aliphatic carbocycles. The van der Waals surface area contributed by atoms with Gasteiger partial charge in [0.05, 0.1) is 5.41 Å². The predicted molar refractivity (Wildman–Crippen MR) is 75.6 cm³/mol. The Kier molecular flexibility index (Phi) is 5.60. The summed E-state index contributed by atoms with van der Waals surface area (Å²) >= 11 is 0. The molecule has 1 fully saturated rings. The molecule has 0 radical (unpaired) electrons. The number of nitrogens with one attached hydrogen (secondary N) is 1. The van der Waals surface area contributed by atoms with Gasteiger partial charge in [-0.3, -0.25) is 4.79 Å². The summed E-state index contributed by atoms with van der Waals surface area (Å²) < 4.78 is 0. The Bertz CT molecular complexity index is 270. The summed E-state index contributed by atoms with van der Waals surface area (Å²) in [5.74, 6) is 0.845. The molecule has 0 spiro atoms. The molecule has 1 atom stereocenters. The van der Waals surface area contributed by atoms with Gasteiger partial charge < -0.3 is 15.1 Å². The lowest BCUT2D eigenvalue weighted by molar-refractivity contribution is -0.141. The summed E-state index contributed by atoms with van der Waals surface area (Å²) in [6, 6.07) is 0. The van der Waals surface area contributed by atoms with Crippen LogP contribution in [0.4, 0.5) is 0 Å². The largest absolute Gasteiger partial charge is 0.341 e. The van der Waals surface area contributed by atoms with E-state index in [9.17, 15) is 4.79 Å². The lowest BCUT2D eigenvalue weighted by Gasteiger charge is -2.33. The van der Waals surface area contributed by atoms with Gasteiger partial charge in [-0.1, -0.05) is 13.8 Å². The fourth-order valence-electron chi connectivity index (χ4n) is 2.42. The number of rotatable bonds is 6. The Morgan fingerprint density at radius 3 is 2.44 bits per heavy atom. The summed E-state index contributed by atoms with van der Waals surface area (Å²) in [6.07, 6.45) is 0.961. The van der Waals surface area contributed by atoms with Gasteiger partial charge in [0.15, 0.2) is 0 Å². The van der Waals surface area contributed by atoms with Crippen molar-refractivity contribution in [3.8, 4) is 0 Å². The summed E-state index contributed by atoms with van der Waals surface area (Å²) in [7, 11) is 4.10. The molecule has 0 aromatic heterocycles. The van der Waals surface area contributed by atoms with Crippen molar-refractivity contribution in [2.45, 2.75) is 27.2 Å². The van der Waals surface area contributed by atoms with Crippen molar-refractivity contribution in [1.29, 1.82) is 0 Å². The molecule has 1 heterocycles. The molecule has 0 bridgehead atoms. The van der Waals surface area contributed by atoms with Gasteiger partial charge in [0.2, 0.25) is 5.91 Å². The minimum absolute atomic E-state index is 0.193. The summed E-state index contributed by atoms with van der Waals surface area (Å²) in [4.78, 5) is 16.9. The molecule has 1 N–H and O–H groups in total. The van der Waals surface area contributed by atoms with Gasteiger partial charge in [-0.05, 0) is 39.9 Å². The van der Waals surface area contributed by atoms with Gasteiger partial charge in [0.25, 0.3) is 0 Å². The van der Waals surface area contributed by atoms with Crippen molar-refractivity contribution in [3.05, 3.63) is 0 Å². The van der Waals surface area contributed by atoms with E-state index in [-0.39, 0.29) is 5.41 Å². The van der Waals surface area contributed by atoms with Crippen LogP contribution in [0.1, 0.15) is 27.2 Å². The molecule has 1 saturated heterocycles. The molecular formula is C14H29N3O. The van der Waals surface area contributed by atoms with Crippen molar-refractivity contribution in [2.75, 3.05) is 46.8 Å². The highest BCUT2D eigenvalue weighted by Gasteiger charge is 2.39. The molecule has 1 rings (SSSR count). The van der Waals surface area contributed by atoms with Crippen LogP contribution < -0.4 is 5.32 Å². The molecule has 0 aromatic carbocycles. The first-order valence-corrected chi connectivity index (χ1v) is 7.00. The van der Waals surface area contributed by atoms with Crippen LogP contribution >= 0.6 is 0 Å². The number of amides is 1. The third-order valence-corrected chi connectivity index (χ3v) is 3.57. The molecule has 4 nitrogen and oxygen atoms in total. The molecule has 1 unspecified atom stereocenters. The second-order valence-electron chi connectivity index (χ2n) is 6.44. The van der Waals surface area contributed by atoms with E-state index in [1.54, 1.807) is 0 Å². The lowest BCUT2D eigenvalue weighted by Crippen LogP contribution is -2.47. The van der Waals surface area contributed by atoms with E-state index in [2.05, 4.69) is 50.0 Å². The van der Waals surface area contributed by atoms with E-state index in [1.807, 2.05) is 0 Å². The molecule has 18 heavy (non-hydrogen) atoms. The minimum atomic E-state index is -0.193. The van der Waals surface area contributed by atoms with Gasteiger partial charge in [-0.25, -0.2) is 0 Å². The third-order valence-electron chi connectivity index (χ3n) is 3.57. The maximum Gasteiger partial charge on any atom is 0.229 e. The van der Waals surface area contributed by atoms with Crippen LogP contribution in [0.25, 0.3) is 0 Å². The normalized spacial score (nSPS) is 23.9. The number of likely N-dealkylation sites (N-methyl/N-ethyl adjacent to an activating group) is 1. The van der Waals surface area contributed by atoms with Crippen LogP contribution in [-0.4, -0.2) is 62.5 Å². The van der Waals surface area contributed by atoms with Gasteiger partial charge in [-0.15, -0.1) is 0 Å². The monoisotopic (exact) mass is 255 g/mol. The Morgan fingerprint density at radius 2 is 2.00 bits per heavy atom. The molecule has 0 aromatic rings. The second-order valence-corrected chi connectivity index (χ2v) is 6.44. The third kappa shape index (κ3) is 4.25. The fourth-order valence-corrected chi connectivity index (χ4v) is 2.42. The number of carbonyl (C=O) groups excluding carboxylic acids is 1. The van der Waals surface area contributed by atoms with Crippen molar-refractivity contribution < 1.29 is 4.79 Å². The van der Waals surface area contributed by atoms with Gasteiger partial charge in [-0.2, -0.15) is 0 Å². The van der Waals surface area contributed by atoms with Crippen molar-refractivity contribution >= 4 is 5.91 Å². The molecule has 1 aliphatic rings. The first-order chi connectivity index (χ1) is 8.35. The zero-order valence-corrected chi connectivity index (χ0v) is 12.6. The molecule has 106 valence electrons. The zero-order chi connectivity index (χ0) is 13.8. The van der Waals surface area contributed by atoms with E-state index in [4.69, 9.17) is 0 Å². The molecule has 0 saturated carbocycles. The summed E-state index contributed by atoms with van der Waals surface area (Å²) in [5, 5.41) is 3.31. The van der Waals surface area contributed by atoms with E-state index >= 15 is 0 Å².